The van der Waals surface area contributed by atoms with Crippen molar-refractivity contribution in [3.8, 4) is 5.75 Å². The van der Waals surface area contributed by atoms with Gasteiger partial charge in [-0.05, 0) is 42.6 Å². The van der Waals surface area contributed by atoms with Crippen molar-refractivity contribution in [1.82, 2.24) is 20.1 Å². The van der Waals surface area contributed by atoms with E-state index in [4.69, 9.17) is 4.74 Å². The summed E-state index contributed by atoms with van der Waals surface area (Å²) in [6.07, 6.45) is 0. The van der Waals surface area contributed by atoms with E-state index in [1.807, 2.05) is 30.0 Å². The number of nitrogens with one attached hydrogen (secondary N) is 1. The fourth-order valence-corrected chi connectivity index (χ4v) is 3.75. The van der Waals surface area contributed by atoms with Crippen LogP contribution in [0.15, 0.2) is 46.9 Å². The highest BCUT2D eigenvalue weighted by molar-refractivity contribution is 7.99. The molecule has 0 saturated carbocycles. The number of benzene rings is 1. The average molecular weight is 407 g/mol. The number of carbonyl (C=O) groups excluding carboxylic acids is 1. The topological polar surface area (TPSA) is 69.0 Å². The van der Waals surface area contributed by atoms with Crippen LogP contribution in [-0.4, -0.2) is 33.0 Å². The molecule has 0 unspecified atom stereocenters. The summed E-state index contributed by atoms with van der Waals surface area (Å²) in [5.41, 5.74) is 0. The second-order valence-electron chi connectivity index (χ2n) is 5.72. The molecule has 2 heterocycles. The molecule has 0 aliphatic rings. The summed E-state index contributed by atoms with van der Waals surface area (Å²) in [5, 5.41) is 13.9. The molecule has 142 valence electrons. The molecule has 1 atom stereocenters. The van der Waals surface area contributed by atoms with Gasteiger partial charge in [0.25, 0.3) is 5.91 Å². The fourth-order valence-electron chi connectivity index (χ4n) is 2.39. The van der Waals surface area contributed by atoms with E-state index in [1.165, 1.54) is 35.2 Å². The Bertz CT molecular complexity index is 881. The Morgan fingerprint density at radius 2 is 2.11 bits per heavy atom. The molecule has 0 aliphatic heterocycles. The minimum atomic E-state index is -0.288. The number of carbonyl (C=O) groups is 1. The van der Waals surface area contributed by atoms with Crippen molar-refractivity contribution in [2.75, 3.05) is 12.4 Å². The molecule has 0 spiro atoms. The van der Waals surface area contributed by atoms with Crippen LogP contribution in [0.5, 0.6) is 5.75 Å². The Labute approximate surface area is 164 Å². The minimum absolute atomic E-state index is 0.123. The van der Waals surface area contributed by atoms with Gasteiger partial charge in [0, 0.05) is 12.8 Å². The van der Waals surface area contributed by atoms with E-state index in [0.29, 0.717) is 28.8 Å². The third kappa shape index (κ3) is 5.08. The van der Waals surface area contributed by atoms with E-state index in [0.717, 1.165) is 5.16 Å². The first kappa shape index (κ1) is 19.4. The van der Waals surface area contributed by atoms with Crippen molar-refractivity contribution in [1.29, 1.82) is 0 Å². The fraction of sp³-hybridized carbons (Fsp3) is 0.278. The van der Waals surface area contributed by atoms with Gasteiger partial charge in [-0.2, -0.15) is 0 Å². The van der Waals surface area contributed by atoms with Crippen LogP contribution in [0.2, 0.25) is 0 Å². The van der Waals surface area contributed by atoms with E-state index in [2.05, 4.69) is 15.5 Å². The summed E-state index contributed by atoms with van der Waals surface area (Å²) in [7, 11) is 1.87. The molecule has 3 rings (SSSR count). The average Bonchev–Trinajstić information content (AvgIpc) is 3.31. The molecule has 1 amide bonds. The predicted molar refractivity (Wildman–Crippen MR) is 104 cm³/mol. The summed E-state index contributed by atoms with van der Waals surface area (Å²) in [4.78, 5) is 12.8. The van der Waals surface area contributed by atoms with Gasteiger partial charge in [0.15, 0.2) is 11.0 Å². The monoisotopic (exact) mass is 406 g/mol. The van der Waals surface area contributed by atoms with Crippen LogP contribution < -0.4 is 10.1 Å². The van der Waals surface area contributed by atoms with Gasteiger partial charge in [0.1, 0.15) is 11.6 Å². The van der Waals surface area contributed by atoms with Crippen LogP contribution in [0.25, 0.3) is 0 Å². The van der Waals surface area contributed by atoms with E-state index < -0.39 is 0 Å². The maximum absolute atomic E-state index is 12.9. The van der Waals surface area contributed by atoms with E-state index in [9.17, 15) is 9.18 Å². The zero-order valence-electron chi connectivity index (χ0n) is 14.9. The highest BCUT2D eigenvalue weighted by Crippen LogP contribution is 2.20. The highest BCUT2D eigenvalue weighted by atomic mass is 32.2. The van der Waals surface area contributed by atoms with Crippen molar-refractivity contribution in [3.05, 3.63) is 58.3 Å². The molecule has 1 N–H and O–H groups in total. The van der Waals surface area contributed by atoms with Gasteiger partial charge in [-0.25, -0.2) is 4.39 Å². The number of amides is 1. The Balaban J connectivity index is 1.50. The van der Waals surface area contributed by atoms with Gasteiger partial charge in [-0.15, -0.1) is 21.5 Å². The second-order valence-corrected chi connectivity index (χ2v) is 7.73. The SMILES string of the molecule is C[C@@H](NC(=O)c1cccs1)c1nnc(SCCOc2ccc(F)cc2)n1C. The standard InChI is InChI=1S/C18H19FN4O2S2/c1-12(20-17(24)15-4-3-10-26-15)16-21-22-18(23(16)2)27-11-9-25-14-7-5-13(19)6-8-14/h3-8,10,12H,9,11H2,1-2H3,(H,20,24)/t12-/m1/s1. The lowest BCUT2D eigenvalue weighted by Gasteiger charge is -2.13. The van der Waals surface area contributed by atoms with E-state index in [1.54, 1.807) is 18.2 Å². The van der Waals surface area contributed by atoms with Crippen LogP contribution in [0.3, 0.4) is 0 Å². The Morgan fingerprint density at radius 1 is 1.33 bits per heavy atom. The molecule has 27 heavy (non-hydrogen) atoms. The quantitative estimate of drug-likeness (QED) is 0.457. The van der Waals surface area contributed by atoms with Gasteiger partial charge in [0.2, 0.25) is 0 Å². The van der Waals surface area contributed by atoms with Crippen LogP contribution in [0, 0.1) is 5.82 Å². The zero-order valence-corrected chi connectivity index (χ0v) is 16.5. The van der Waals surface area contributed by atoms with Gasteiger partial charge < -0.3 is 14.6 Å². The number of aromatic nitrogens is 3. The molecule has 6 nitrogen and oxygen atoms in total. The van der Waals surface area contributed by atoms with Crippen molar-refractivity contribution in [2.24, 2.45) is 7.05 Å². The third-order valence-electron chi connectivity index (χ3n) is 3.75. The molecule has 9 heteroatoms. The number of nitrogens with zero attached hydrogens (tertiary/aromatic N) is 3. The Morgan fingerprint density at radius 3 is 2.81 bits per heavy atom. The van der Waals surface area contributed by atoms with Gasteiger partial charge in [-0.3, -0.25) is 4.79 Å². The second kappa shape index (κ2) is 9.01. The van der Waals surface area contributed by atoms with Crippen molar-refractivity contribution in [3.63, 3.8) is 0 Å². The molecule has 0 aliphatic carbocycles. The summed E-state index contributed by atoms with van der Waals surface area (Å²) < 4.78 is 20.3. The van der Waals surface area contributed by atoms with Gasteiger partial charge in [-0.1, -0.05) is 17.8 Å². The summed E-state index contributed by atoms with van der Waals surface area (Å²) in [6, 6.07) is 9.28. The molecule has 0 saturated heterocycles. The molecule has 0 bridgehead atoms. The number of hydrogen-bond acceptors (Lipinski definition) is 6. The zero-order chi connectivity index (χ0) is 19.2. The molecule has 0 fully saturated rings. The van der Waals surface area contributed by atoms with Gasteiger partial charge >= 0.3 is 0 Å². The molecule has 0 radical (unpaired) electrons. The molecule has 1 aromatic carbocycles. The lowest BCUT2D eigenvalue weighted by atomic mass is 10.3. The van der Waals surface area contributed by atoms with Gasteiger partial charge in [0.05, 0.1) is 17.5 Å². The summed E-state index contributed by atoms with van der Waals surface area (Å²) in [6.45, 7) is 2.34. The first-order chi connectivity index (χ1) is 13.0. The number of rotatable bonds is 8. The Kier molecular flexibility index (Phi) is 6.46. The maximum atomic E-state index is 12.9. The van der Waals surface area contributed by atoms with Crippen LogP contribution in [0.4, 0.5) is 4.39 Å². The van der Waals surface area contributed by atoms with Crippen molar-refractivity contribution in [2.45, 2.75) is 18.1 Å². The normalized spacial score (nSPS) is 12.0. The van der Waals surface area contributed by atoms with Crippen molar-refractivity contribution >= 4 is 29.0 Å². The number of ether oxygens (including phenoxy) is 1. The maximum Gasteiger partial charge on any atom is 0.261 e. The number of halogens is 1. The minimum Gasteiger partial charge on any atom is -0.493 e. The molecule has 2 aromatic heterocycles. The van der Waals surface area contributed by atoms with Crippen LogP contribution >= 0.6 is 23.1 Å². The largest absolute Gasteiger partial charge is 0.493 e. The highest BCUT2D eigenvalue weighted by Gasteiger charge is 2.18. The lowest BCUT2D eigenvalue weighted by Crippen LogP contribution is -2.27. The predicted octanol–water partition coefficient (Wildman–Crippen LogP) is 3.68. The number of thioether (sulfide) groups is 1. The molecular weight excluding hydrogens is 387 g/mol. The number of thiophene rings is 1. The van der Waals surface area contributed by atoms with Crippen LogP contribution in [0.1, 0.15) is 28.5 Å². The van der Waals surface area contributed by atoms with E-state index in [-0.39, 0.29) is 17.8 Å². The third-order valence-corrected chi connectivity index (χ3v) is 5.60. The summed E-state index contributed by atoms with van der Waals surface area (Å²) >= 11 is 2.90. The van der Waals surface area contributed by atoms with E-state index >= 15 is 0 Å². The van der Waals surface area contributed by atoms with Crippen LogP contribution in [-0.2, 0) is 7.05 Å². The first-order valence-corrected chi connectivity index (χ1v) is 10.2. The van der Waals surface area contributed by atoms with Crippen molar-refractivity contribution < 1.29 is 13.9 Å². The number of hydrogen-bond donors (Lipinski definition) is 1. The lowest BCUT2D eigenvalue weighted by molar-refractivity contribution is 0.0942. The smallest absolute Gasteiger partial charge is 0.261 e. The summed E-state index contributed by atoms with van der Waals surface area (Å²) in [5.74, 6) is 1.56. The molecule has 3 aromatic rings. The first-order valence-electron chi connectivity index (χ1n) is 8.29. The molecular formula is C18H19FN4O2S2. The Hall–Kier alpha value is -2.39.